The monoisotopic (exact) mass is 278 g/mol. The van der Waals surface area contributed by atoms with Gasteiger partial charge in [0.15, 0.2) is 11.5 Å². The number of hydrogen-bond acceptors (Lipinski definition) is 5. The quantitative estimate of drug-likeness (QED) is 0.844. The van der Waals surface area contributed by atoms with Crippen molar-refractivity contribution in [3.8, 4) is 11.5 Å². The molecule has 6 nitrogen and oxygen atoms in total. The fourth-order valence-electron chi connectivity index (χ4n) is 1.87. The Bertz CT molecular complexity index is 545. The van der Waals surface area contributed by atoms with Crippen LogP contribution >= 0.6 is 0 Å². The Morgan fingerprint density at radius 3 is 2.85 bits per heavy atom. The fourth-order valence-corrected chi connectivity index (χ4v) is 1.87. The van der Waals surface area contributed by atoms with Gasteiger partial charge in [-0.15, -0.1) is 0 Å². The van der Waals surface area contributed by atoms with Crippen molar-refractivity contribution in [2.75, 3.05) is 6.61 Å². The lowest BCUT2D eigenvalue weighted by molar-refractivity contribution is 0.0907. The molecule has 2 N–H and O–H groups in total. The molecule has 2 aromatic rings. The average Bonchev–Trinajstić information content (AvgIpc) is 3.08. The molecule has 0 bridgehead atoms. The van der Waals surface area contributed by atoms with Gasteiger partial charge in [0.1, 0.15) is 0 Å². The number of nitrogens with one attached hydrogen (secondary N) is 1. The van der Waals surface area contributed by atoms with Crippen LogP contribution in [0.25, 0.3) is 11.5 Å². The summed E-state index contributed by atoms with van der Waals surface area (Å²) in [6.45, 7) is 3.99. The molecular weight excluding hydrogens is 260 g/mol. The van der Waals surface area contributed by atoms with Gasteiger partial charge in [0.05, 0.1) is 6.26 Å². The van der Waals surface area contributed by atoms with E-state index in [4.69, 9.17) is 14.0 Å². The van der Waals surface area contributed by atoms with Crippen molar-refractivity contribution in [3.63, 3.8) is 0 Å². The van der Waals surface area contributed by atoms with Crippen LogP contribution in [0.3, 0.4) is 0 Å². The summed E-state index contributed by atoms with van der Waals surface area (Å²) in [5.74, 6) is 0.831. The average molecular weight is 278 g/mol. The standard InChI is InChI=1S/C14H18N2O4/c1-9(2)10(5-6-17)15-14(18)11-8-13(20-16-11)12-4-3-7-19-12/h3-4,7-10,17H,5-6H2,1-2H3,(H,15,18). The van der Waals surface area contributed by atoms with E-state index >= 15 is 0 Å². The zero-order valence-corrected chi connectivity index (χ0v) is 11.5. The lowest BCUT2D eigenvalue weighted by Crippen LogP contribution is -2.39. The van der Waals surface area contributed by atoms with Crippen molar-refractivity contribution in [2.24, 2.45) is 5.92 Å². The Balaban J connectivity index is 2.06. The fraction of sp³-hybridized carbons (Fsp3) is 0.429. The second-order valence-electron chi connectivity index (χ2n) is 4.89. The predicted molar refractivity (Wildman–Crippen MR) is 72.0 cm³/mol. The van der Waals surface area contributed by atoms with Crippen LogP contribution in [0.15, 0.2) is 33.4 Å². The molecule has 2 rings (SSSR count). The van der Waals surface area contributed by atoms with Gasteiger partial charge in [0.25, 0.3) is 5.91 Å². The van der Waals surface area contributed by atoms with Crippen molar-refractivity contribution in [1.29, 1.82) is 0 Å². The van der Waals surface area contributed by atoms with Crippen LogP contribution < -0.4 is 5.32 Å². The first-order valence-electron chi connectivity index (χ1n) is 6.54. The maximum atomic E-state index is 12.1. The molecule has 0 aliphatic heterocycles. The van der Waals surface area contributed by atoms with Gasteiger partial charge < -0.3 is 19.4 Å². The molecule has 6 heteroatoms. The molecule has 1 unspecified atom stereocenters. The van der Waals surface area contributed by atoms with Gasteiger partial charge in [-0.1, -0.05) is 19.0 Å². The van der Waals surface area contributed by atoms with Crippen LogP contribution in [0.2, 0.25) is 0 Å². The molecular formula is C14H18N2O4. The molecule has 1 atom stereocenters. The summed E-state index contributed by atoms with van der Waals surface area (Å²) in [6.07, 6.45) is 2.03. The third-order valence-electron chi connectivity index (χ3n) is 3.07. The van der Waals surface area contributed by atoms with E-state index in [-0.39, 0.29) is 30.2 Å². The van der Waals surface area contributed by atoms with Crippen molar-refractivity contribution in [2.45, 2.75) is 26.3 Å². The number of carbonyl (C=O) groups is 1. The van der Waals surface area contributed by atoms with E-state index in [9.17, 15) is 4.79 Å². The molecule has 108 valence electrons. The number of amides is 1. The van der Waals surface area contributed by atoms with Crippen LogP contribution in [0.1, 0.15) is 30.8 Å². The van der Waals surface area contributed by atoms with Crippen molar-refractivity contribution >= 4 is 5.91 Å². The highest BCUT2D eigenvalue weighted by Gasteiger charge is 2.20. The molecule has 2 aromatic heterocycles. The summed E-state index contributed by atoms with van der Waals surface area (Å²) < 4.78 is 10.3. The summed E-state index contributed by atoms with van der Waals surface area (Å²) in [4.78, 5) is 12.1. The van der Waals surface area contributed by atoms with Gasteiger partial charge in [0.2, 0.25) is 5.76 Å². The number of aliphatic hydroxyl groups is 1. The van der Waals surface area contributed by atoms with E-state index in [1.165, 1.54) is 12.3 Å². The summed E-state index contributed by atoms with van der Waals surface area (Å²) >= 11 is 0. The minimum atomic E-state index is -0.321. The minimum absolute atomic E-state index is 0.0274. The first kappa shape index (κ1) is 14.3. The van der Waals surface area contributed by atoms with Crippen molar-refractivity contribution < 1.29 is 18.8 Å². The molecule has 1 amide bonds. The van der Waals surface area contributed by atoms with E-state index in [0.717, 1.165) is 0 Å². The third-order valence-corrected chi connectivity index (χ3v) is 3.07. The van der Waals surface area contributed by atoms with E-state index in [0.29, 0.717) is 17.9 Å². The number of furan rings is 1. The second kappa shape index (κ2) is 6.38. The lowest BCUT2D eigenvalue weighted by atomic mass is 10.0. The first-order valence-corrected chi connectivity index (χ1v) is 6.54. The Hall–Kier alpha value is -2.08. The maximum absolute atomic E-state index is 12.1. The molecule has 0 fully saturated rings. The van der Waals surface area contributed by atoms with Gasteiger partial charge in [-0.2, -0.15) is 0 Å². The highest BCUT2D eigenvalue weighted by molar-refractivity contribution is 5.93. The van der Waals surface area contributed by atoms with Gasteiger partial charge in [-0.25, -0.2) is 0 Å². The van der Waals surface area contributed by atoms with Crippen LogP contribution in [-0.4, -0.2) is 28.8 Å². The first-order chi connectivity index (χ1) is 9.61. The molecule has 0 aliphatic rings. The number of hydrogen-bond donors (Lipinski definition) is 2. The number of aliphatic hydroxyl groups excluding tert-OH is 1. The number of aromatic nitrogens is 1. The van der Waals surface area contributed by atoms with Crippen LogP contribution in [-0.2, 0) is 0 Å². The molecule has 0 saturated carbocycles. The summed E-state index contributed by atoms with van der Waals surface area (Å²) in [5.41, 5.74) is 0.194. The molecule has 0 radical (unpaired) electrons. The largest absolute Gasteiger partial charge is 0.461 e. The van der Waals surface area contributed by atoms with Crippen LogP contribution in [0.4, 0.5) is 0 Å². The summed E-state index contributed by atoms with van der Waals surface area (Å²) in [6, 6.07) is 4.89. The van der Waals surface area contributed by atoms with E-state index in [1.54, 1.807) is 12.1 Å². The normalized spacial score (nSPS) is 12.6. The number of rotatable bonds is 6. The van der Waals surface area contributed by atoms with Crippen LogP contribution in [0.5, 0.6) is 0 Å². The van der Waals surface area contributed by atoms with Crippen molar-refractivity contribution in [3.05, 3.63) is 30.2 Å². The molecule has 2 heterocycles. The van der Waals surface area contributed by atoms with E-state index < -0.39 is 0 Å². The Labute approximate surface area is 116 Å². The van der Waals surface area contributed by atoms with Gasteiger partial charge in [0, 0.05) is 18.7 Å². The number of nitrogens with zero attached hydrogens (tertiary/aromatic N) is 1. The smallest absolute Gasteiger partial charge is 0.273 e. The van der Waals surface area contributed by atoms with Gasteiger partial charge in [-0.3, -0.25) is 4.79 Å². The molecule has 0 aromatic carbocycles. The van der Waals surface area contributed by atoms with E-state index in [2.05, 4.69) is 10.5 Å². The zero-order valence-electron chi connectivity index (χ0n) is 11.5. The predicted octanol–water partition coefficient (Wildman–Crippen LogP) is 2.07. The summed E-state index contributed by atoms with van der Waals surface area (Å²) in [7, 11) is 0. The minimum Gasteiger partial charge on any atom is -0.461 e. The molecule has 0 aliphatic carbocycles. The molecule has 0 spiro atoms. The Morgan fingerprint density at radius 2 is 2.25 bits per heavy atom. The molecule has 20 heavy (non-hydrogen) atoms. The highest BCUT2D eigenvalue weighted by Crippen LogP contribution is 2.20. The van der Waals surface area contributed by atoms with Gasteiger partial charge in [-0.05, 0) is 24.5 Å². The topological polar surface area (TPSA) is 88.5 Å². The van der Waals surface area contributed by atoms with E-state index in [1.807, 2.05) is 13.8 Å². The van der Waals surface area contributed by atoms with Crippen LogP contribution in [0, 0.1) is 5.92 Å². The Morgan fingerprint density at radius 1 is 1.45 bits per heavy atom. The maximum Gasteiger partial charge on any atom is 0.273 e. The summed E-state index contributed by atoms with van der Waals surface area (Å²) in [5, 5.41) is 15.6. The SMILES string of the molecule is CC(C)C(CCO)NC(=O)c1cc(-c2ccco2)on1. The van der Waals surface area contributed by atoms with Crippen molar-refractivity contribution in [1.82, 2.24) is 10.5 Å². The lowest BCUT2D eigenvalue weighted by Gasteiger charge is -2.20. The third kappa shape index (κ3) is 3.27. The zero-order chi connectivity index (χ0) is 14.5. The molecule has 0 saturated heterocycles. The van der Waals surface area contributed by atoms with Gasteiger partial charge >= 0.3 is 0 Å². The second-order valence-corrected chi connectivity index (χ2v) is 4.89. The Kier molecular flexibility index (Phi) is 4.57. The highest BCUT2D eigenvalue weighted by atomic mass is 16.5. The number of carbonyl (C=O) groups excluding carboxylic acids is 1.